The first-order chi connectivity index (χ1) is 14.0. The highest BCUT2D eigenvalue weighted by Crippen LogP contribution is 2.15. The lowest BCUT2D eigenvalue weighted by Crippen LogP contribution is -2.49. The predicted octanol–water partition coefficient (Wildman–Crippen LogP) is 0.717. The van der Waals surface area contributed by atoms with Crippen LogP contribution in [0.1, 0.15) is 15.9 Å². The first-order valence-electron chi connectivity index (χ1n) is 9.51. The van der Waals surface area contributed by atoms with Crippen molar-refractivity contribution in [3.63, 3.8) is 0 Å². The monoisotopic (exact) mass is 393 g/mol. The molecule has 1 saturated heterocycles. The third-order valence-corrected chi connectivity index (χ3v) is 5.07. The van der Waals surface area contributed by atoms with E-state index in [9.17, 15) is 9.59 Å². The Labute approximate surface area is 168 Å². The number of hydrogen-bond donors (Lipinski definition) is 0. The Morgan fingerprint density at radius 2 is 1.72 bits per heavy atom. The van der Waals surface area contributed by atoms with Crippen molar-refractivity contribution in [3.05, 3.63) is 53.9 Å². The number of carbonyl (C=O) groups excluding carboxylic acids is 2. The van der Waals surface area contributed by atoms with Gasteiger partial charge in [-0.05, 0) is 29.8 Å². The third-order valence-electron chi connectivity index (χ3n) is 5.07. The van der Waals surface area contributed by atoms with Crippen molar-refractivity contribution < 1.29 is 9.59 Å². The minimum Gasteiger partial charge on any atom is -0.352 e. The van der Waals surface area contributed by atoms with Gasteiger partial charge in [-0.2, -0.15) is 4.52 Å². The molecule has 1 fully saturated rings. The Hall–Kier alpha value is -3.49. The number of aromatic nitrogens is 4. The zero-order valence-corrected chi connectivity index (χ0v) is 16.5. The zero-order valence-electron chi connectivity index (χ0n) is 16.5. The molecule has 4 rings (SSSR count). The summed E-state index contributed by atoms with van der Waals surface area (Å²) >= 11 is 0. The molecule has 1 aromatic carbocycles. The van der Waals surface area contributed by atoms with Crippen molar-refractivity contribution in [2.45, 2.75) is 6.42 Å². The summed E-state index contributed by atoms with van der Waals surface area (Å²) in [5, 5.41) is 12.3. The van der Waals surface area contributed by atoms with Crippen LogP contribution in [0.3, 0.4) is 0 Å². The van der Waals surface area contributed by atoms with Gasteiger partial charge >= 0.3 is 0 Å². The van der Waals surface area contributed by atoms with E-state index in [-0.39, 0.29) is 11.8 Å². The molecule has 0 spiro atoms. The molecule has 0 radical (unpaired) electrons. The fraction of sp³-hybridized carbons (Fsp3) is 0.350. The van der Waals surface area contributed by atoms with Gasteiger partial charge < -0.3 is 14.7 Å². The molecule has 2 amide bonds. The van der Waals surface area contributed by atoms with Crippen molar-refractivity contribution in [2.24, 2.45) is 0 Å². The van der Waals surface area contributed by atoms with E-state index in [4.69, 9.17) is 0 Å². The summed E-state index contributed by atoms with van der Waals surface area (Å²) in [5.41, 5.74) is 2.24. The number of benzene rings is 1. The van der Waals surface area contributed by atoms with Crippen LogP contribution in [-0.2, 0) is 11.2 Å². The normalized spacial score (nSPS) is 14.3. The average molecular weight is 393 g/mol. The Morgan fingerprint density at radius 1 is 1.00 bits per heavy atom. The van der Waals surface area contributed by atoms with E-state index in [0.717, 1.165) is 24.5 Å². The molecule has 9 nitrogen and oxygen atoms in total. The maximum absolute atomic E-state index is 12.7. The molecule has 3 aromatic rings. The summed E-state index contributed by atoms with van der Waals surface area (Å²) in [5.74, 6) is 0.904. The predicted molar refractivity (Wildman–Crippen MR) is 108 cm³/mol. The average Bonchev–Trinajstić information content (AvgIpc) is 3.21. The molecule has 3 heterocycles. The molecule has 2 aromatic heterocycles. The van der Waals surface area contributed by atoms with Crippen LogP contribution in [0.5, 0.6) is 0 Å². The van der Waals surface area contributed by atoms with Gasteiger partial charge in [0, 0.05) is 45.8 Å². The van der Waals surface area contributed by atoms with Crippen molar-refractivity contribution in [1.29, 1.82) is 0 Å². The number of anilines is 1. The van der Waals surface area contributed by atoms with Crippen LogP contribution in [0, 0.1) is 0 Å². The van der Waals surface area contributed by atoms with Gasteiger partial charge in [-0.3, -0.25) is 9.59 Å². The van der Waals surface area contributed by atoms with E-state index in [2.05, 4.69) is 20.2 Å². The fourth-order valence-electron chi connectivity index (χ4n) is 3.38. The van der Waals surface area contributed by atoms with Crippen molar-refractivity contribution in [2.75, 3.05) is 45.2 Å². The molecule has 0 N–H and O–H groups in total. The smallest absolute Gasteiger partial charge is 0.253 e. The quantitative estimate of drug-likeness (QED) is 0.649. The van der Waals surface area contributed by atoms with Gasteiger partial charge in [0.05, 0.1) is 6.42 Å². The number of piperazine rings is 1. The van der Waals surface area contributed by atoms with Crippen LogP contribution in [0.15, 0.2) is 42.7 Å². The highest BCUT2D eigenvalue weighted by molar-refractivity contribution is 5.94. The number of rotatable bonds is 4. The molecule has 150 valence electrons. The van der Waals surface area contributed by atoms with E-state index >= 15 is 0 Å². The lowest BCUT2D eigenvalue weighted by molar-refractivity contribution is -0.130. The first kappa shape index (κ1) is 18.9. The zero-order chi connectivity index (χ0) is 20.4. The molecule has 0 aliphatic carbocycles. The number of amides is 2. The highest BCUT2D eigenvalue weighted by atomic mass is 16.2. The van der Waals surface area contributed by atoms with Gasteiger partial charge in [0.25, 0.3) is 5.91 Å². The second kappa shape index (κ2) is 7.86. The molecule has 0 saturated carbocycles. The summed E-state index contributed by atoms with van der Waals surface area (Å²) in [4.78, 5) is 30.2. The molecule has 0 unspecified atom stereocenters. The SMILES string of the molecule is CN(C)C(=O)c1ccc(CC(=O)N2CCN(c3ccc4nncn4n3)CC2)cc1. The summed E-state index contributed by atoms with van der Waals surface area (Å²) in [7, 11) is 3.44. The van der Waals surface area contributed by atoms with Crippen LogP contribution in [0.2, 0.25) is 0 Å². The minimum atomic E-state index is -0.0442. The largest absolute Gasteiger partial charge is 0.352 e. The summed E-state index contributed by atoms with van der Waals surface area (Å²) in [6.07, 6.45) is 1.91. The third kappa shape index (κ3) is 4.03. The van der Waals surface area contributed by atoms with Gasteiger partial charge in [-0.15, -0.1) is 15.3 Å². The molecule has 29 heavy (non-hydrogen) atoms. The van der Waals surface area contributed by atoms with Crippen LogP contribution >= 0.6 is 0 Å². The Kier molecular flexibility index (Phi) is 5.11. The second-order valence-corrected chi connectivity index (χ2v) is 7.27. The number of fused-ring (bicyclic) bond motifs is 1. The molecular formula is C20H23N7O2. The number of nitrogens with zero attached hydrogens (tertiary/aromatic N) is 7. The highest BCUT2D eigenvalue weighted by Gasteiger charge is 2.22. The van der Waals surface area contributed by atoms with E-state index < -0.39 is 0 Å². The molecular weight excluding hydrogens is 370 g/mol. The van der Waals surface area contributed by atoms with Crippen molar-refractivity contribution >= 4 is 23.3 Å². The van der Waals surface area contributed by atoms with Gasteiger partial charge in [-0.1, -0.05) is 12.1 Å². The Bertz CT molecular complexity index is 1020. The number of hydrogen-bond acceptors (Lipinski definition) is 6. The van der Waals surface area contributed by atoms with Crippen molar-refractivity contribution in [1.82, 2.24) is 29.6 Å². The Balaban J connectivity index is 1.33. The molecule has 0 atom stereocenters. The molecule has 9 heteroatoms. The van der Waals surface area contributed by atoms with Crippen molar-refractivity contribution in [3.8, 4) is 0 Å². The van der Waals surface area contributed by atoms with Gasteiger partial charge in [0.1, 0.15) is 12.1 Å². The van der Waals surface area contributed by atoms with Crippen LogP contribution in [0.25, 0.3) is 5.65 Å². The lowest BCUT2D eigenvalue weighted by Gasteiger charge is -2.35. The van der Waals surface area contributed by atoms with Crippen LogP contribution < -0.4 is 4.90 Å². The van der Waals surface area contributed by atoms with Gasteiger partial charge in [0.15, 0.2) is 5.65 Å². The van der Waals surface area contributed by atoms with Gasteiger partial charge in [-0.25, -0.2) is 0 Å². The maximum Gasteiger partial charge on any atom is 0.253 e. The van der Waals surface area contributed by atoms with Crippen LogP contribution in [0.4, 0.5) is 5.82 Å². The fourth-order valence-corrected chi connectivity index (χ4v) is 3.38. The Morgan fingerprint density at radius 3 is 2.41 bits per heavy atom. The van der Waals surface area contributed by atoms with E-state index in [1.807, 2.05) is 29.2 Å². The first-order valence-corrected chi connectivity index (χ1v) is 9.51. The number of carbonyl (C=O) groups is 2. The molecule has 1 aliphatic heterocycles. The van der Waals surface area contributed by atoms with Crippen LogP contribution in [-0.4, -0.2) is 81.7 Å². The molecule has 0 bridgehead atoms. The van der Waals surface area contributed by atoms with E-state index in [1.54, 1.807) is 37.1 Å². The summed E-state index contributed by atoms with van der Waals surface area (Å²) in [6, 6.07) is 11.1. The van der Waals surface area contributed by atoms with Gasteiger partial charge in [0.2, 0.25) is 5.91 Å². The standard InChI is InChI=1S/C20H23N7O2/c1-24(2)20(29)16-5-3-15(4-6-16)13-19(28)26-11-9-25(10-12-26)18-8-7-17-22-21-14-27(17)23-18/h3-8,14H,9-13H2,1-2H3. The summed E-state index contributed by atoms with van der Waals surface area (Å²) < 4.78 is 1.65. The van der Waals surface area contributed by atoms with E-state index in [0.29, 0.717) is 30.7 Å². The topological polar surface area (TPSA) is 86.9 Å². The van der Waals surface area contributed by atoms with E-state index in [1.165, 1.54) is 4.90 Å². The lowest BCUT2D eigenvalue weighted by atomic mass is 10.1. The maximum atomic E-state index is 12.7. The molecule has 1 aliphatic rings. The summed E-state index contributed by atoms with van der Waals surface area (Å²) in [6.45, 7) is 2.75. The minimum absolute atomic E-state index is 0.0442. The second-order valence-electron chi connectivity index (χ2n) is 7.27.